The van der Waals surface area contributed by atoms with Crippen molar-refractivity contribution >= 4 is 27.9 Å². The molecule has 0 aromatic heterocycles. The Morgan fingerprint density at radius 2 is 1.95 bits per heavy atom. The first-order valence-corrected chi connectivity index (χ1v) is 8.07. The van der Waals surface area contributed by atoms with Crippen molar-refractivity contribution in [1.82, 2.24) is 0 Å². The zero-order valence-electron chi connectivity index (χ0n) is 11.1. The molecule has 1 heterocycles. The summed E-state index contributed by atoms with van der Waals surface area (Å²) in [7, 11) is 0. The van der Waals surface area contributed by atoms with E-state index in [1.807, 2.05) is 12.1 Å². The molecule has 1 aromatic rings. The van der Waals surface area contributed by atoms with Gasteiger partial charge in [-0.15, -0.1) is 0 Å². The van der Waals surface area contributed by atoms with Crippen LogP contribution in [0.2, 0.25) is 0 Å². The van der Waals surface area contributed by atoms with Crippen LogP contribution in [0, 0.1) is 11.8 Å². The number of piperidine rings is 1. The van der Waals surface area contributed by atoms with Crippen LogP contribution in [0.5, 0.6) is 0 Å². The van der Waals surface area contributed by atoms with Crippen molar-refractivity contribution < 1.29 is 4.79 Å². The Kier molecular flexibility index (Phi) is 3.92. The standard InChI is InChI=1S/C16H20BrNO/c17-15-9-12(11-19)5-6-16(15)18-8-7-13-3-1-2-4-14(13)10-18/h5-6,9,11,13-14H,1-4,7-8,10H2. The van der Waals surface area contributed by atoms with Crippen LogP contribution in [-0.4, -0.2) is 19.4 Å². The Labute approximate surface area is 123 Å². The molecule has 3 rings (SSSR count). The van der Waals surface area contributed by atoms with Gasteiger partial charge in [-0.05, 0) is 58.8 Å². The van der Waals surface area contributed by atoms with Gasteiger partial charge in [0.05, 0.1) is 5.69 Å². The van der Waals surface area contributed by atoms with Crippen molar-refractivity contribution in [2.45, 2.75) is 32.1 Å². The third-order valence-electron chi connectivity index (χ3n) is 4.74. The lowest BCUT2D eigenvalue weighted by atomic mass is 9.75. The van der Waals surface area contributed by atoms with Gasteiger partial charge >= 0.3 is 0 Å². The first kappa shape index (κ1) is 13.2. The van der Waals surface area contributed by atoms with Gasteiger partial charge < -0.3 is 4.90 Å². The zero-order valence-corrected chi connectivity index (χ0v) is 12.7. The van der Waals surface area contributed by atoms with E-state index in [1.54, 1.807) is 0 Å². The molecule has 2 fully saturated rings. The number of benzene rings is 1. The van der Waals surface area contributed by atoms with Crippen molar-refractivity contribution in [3.8, 4) is 0 Å². The first-order valence-electron chi connectivity index (χ1n) is 7.27. The maximum Gasteiger partial charge on any atom is 0.150 e. The van der Waals surface area contributed by atoms with E-state index in [0.29, 0.717) is 0 Å². The number of rotatable bonds is 2. The largest absolute Gasteiger partial charge is 0.370 e. The minimum absolute atomic E-state index is 0.739. The SMILES string of the molecule is O=Cc1ccc(N2CCC3CCCCC3C2)c(Br)c1. The first-order chi connectivity index (χ1) is 9.28. The summed E-state index contributed by atoms with van der Waals surface area (Å²) in [5.41, 5.74) is 1.98. The van der Waals surface area contributed by atoms with E-state index in [0.717, 1.165) is 34.7 Å². The van der Waals surface area contributed by atoms with Gasteiger partial charge in [-0.1, -0.05) is 19.3 Å². The smallest absolute Gasteiger partial charge is 0.150 e. The van der Waals surface area contributed by atoms with Crippen molar-refractivity contribution in [1.29, 1.82) is 0 Å². The Morgan fingerprint density at radius 3 is 2.68 bits per heavy atom. The number of carbonyl (C=O) groups excluding carboxylic acids is 1. The fourth-order valence-electron chi connectivity index (χ4n) is 3.67. The third kappa shape index (κ3) is 2.71. The summed E-state index contributed by atoms with van der Waals surface area (Å²) in [6.07, 6.45) is 7.89. The minimum atomic E-state index is 0.739. The molecular weight excluding hydrogens is 302 g/mol. The number of carbonyl (C=O) groups is 1. The summed E-state index contributed by atoms with van der Waals surface area (Å²) in [6, 6.07) is 5.92. The lowest BCUT2D eigenvalue weighted by Gasteiger charge is -2.42. The zero-order chi connectivity index (χ0) is 13.2. The quantitative estimate of drug-likeness (QED) is 0.758. The lowest BCUT2D eigenvalue weighted by Crippen LogP contribution is -2.41. The van der Waals surface area contributed by atoms with Crippen LogP contribution in [0.1, 0.15) is 42.5 Å². The molecule has 1 aliphatic heterocycles. The second kappa shape index (κ2) is 5.66. The number of fused-ring (bicyclic) bond motifs is 1. The van der Waals surface area contributed by atoms with Gasteiger partial charge in [0.1, 0.15) is 6.29 Å². The molecule has 3 heteroatoms. The summed E-state index contributed by atoms with van der Waals surface area (Å²) in [6.45, 7) is 2.34. The molecule has 1 aromatic carbocycles. The fourth-order valence-corrected chi connectivity index (χ4v) is 4.32. The lowest BCUT2D eigenvalue weighted by molar-refractivity contribution is 0.112. The van der Waals surface area contributed by atoms with Crippen LogP contribution in [0.3, 0.4) is 0 Å². The molecule has 19 heavy (non-hydrogen) atoms. The predicted octanol–water partition coefficient (Wildman–Crippen LogP) is 4.28. The van der Waals surface area contributed by atoms with Gasteiger partial charge in [0.2, 0.25) is 0 Å². The Morgan fingerprint density at radius 1 is 1.16 bits per heavy atom. The summed E-state index contributed by atoms with van der Waals surface area (Å²) < 4.78 is 1.05. The van der Waals surface area contributed by atoms with Crippen LogP contribution >= 0.6 is 15.9 Å². The van der Waals surface area contributed by atoms with Crippen molar-refractivity contribution in [3.63, 3.8) is 0 Å². The molecule has 0 radical (unpaired) electrons. The van der Waals surface area contributed by atoms with Gasteiger partial charge in [-0.2, -0.15) is 0 Å². The molecule has 2 unspecified atom stereocenters. The van der Waals surface area contributed by atoms with Crippen LogP contribution < -0.4 is 4.90 Å². The molecule has 102 valence electrons. The third-order valence-corrected chi connectivity index (χ3v) is 5.37. The van der Waals surface area contributed by atoms with Crippen LogP contribution in [0.4, 0.5) is 5.69 Å². The minimum Gasteiger partial charge on any atom is -0.370 e. The van der Waals surface area contributed by atoms with Crippen LogP contribution in [0.15, 0.2) is 22.7 Å². The molecule has 0 amide bonds. The van der Waals surface area contributed by atoms with Gasteiger partial charge in [0.15, 0.2) is 0 Å². The molecule has 1 saturated carbocycles. The molecule has 2 aliphatic rings. The highest BCUT2D eigenvalue weighted by molar-refractivity contribution is 9.10. The van der Waals surface area contributed by atoms with Crippen molar-refractivity contribution in [3.05, 3.63) is 28.2 Å². The summed E-state index contributed by atoms with van der Waals surface area (Å²) >= 11 is 3.61. The van der Waals surface area contributed by atoms with Crippen molar-refractivity contribution in [2.75, 3.05) is 18.0 Å². The van der Waals surface area contributed by atoms with E-state index in [9.17, 15) is 4.79 Å². The highest BCUT2D eigenvalue weighted by atomic mass is 79.9. The molecule has 0 bridgehead atoms. The maximum atomic E-state index is 10.8. The maximum absolute atomic E-state index is 10.8. The topological polar surface area (TPSA) is 20.3 Å². The van der Waals surface area contributed by atoms with Gasteiger partial charge in [0, 0.05) is 23.1 Å². The van der Waals surface area contributed by atoms with Crippen LogP contribution in [-0.2, 0) is 0 Å². The summed E-state index contributed by atoms with van der Waals surface area (Å²) in [4.78, 5) is 13.3. The molecule has 1 aliphatic carbocycles. The van der Waals surface area contributed by atoms with E-state index in [2.05, 4.69) is 26.9 Å². The number of hydrogen-bond donors (Lipinski definition) is 0. The van der Waals surface area contributed by atoms with E-state index in [-0.39, 0.29) is 0 Å². The predicted molar refractivity (Wildman–Crippen MR) is 81.8 cm³/mol. The average Bonchev–Trinajstić information content (AvgIpc) is 2.46. The van der Waals surface area contributed by atoms with E-state index >= 15 is 0 Å². The molecular formula is C16H20BrNO. The van der Waals surface area contributed by atoms with Crippen molar-refractivity contribution in [2.24, 2.45) is 11.8 Å². The molecule has 0 N–H and O–H groups in total. The molecule has 1 saturated heterocycles. The normalized spacial score (nSPS) is 26.9. The van der Waals surface area contributed by atoms with Gasteiger partial charge in [-0.3, -0.25) is 4.79 Å². The number of anilines is 1. The number of hydrogen-bond acceptors (Lipinski definition) is 2. The van der Waals surface area contributed by atoms with Gasteiger partial charge in [-0.25, -0.2) is 0 Å². The monoisotopic (exact) mass is 321 g/mol. The Balaban J connectivity index is 1.77. The Hall–Kier alpha value is -0.830. The number of aldehydes is 1. The van der Waals surface area contributed by atoms with Crippen LogP contribution in [0.25, 0.3) is 0 Å². The number of nitrogens with zero attached hydrogens (tertiary/aromatic N) is 1. The van der Waals surface area contributed by atoms with E-state index < -0.39 is 0 Å². The van der Waals surface area contributed by atoms with Gasteiger partial charge in [0.25, 0.3) is 0 Å². The summed E-state index contributed by atoms with van der Waals surface area (Å²) in [5, 5.41) is 0. The summed E-state index contributed by atoms with van der Waals surface area (Å²) in [5.74, 6) is 1.83. The Bertz CT molecular complexity index is 474. The molecule has 0 spiro atoms. The van der Waals surface area contributed by atoms with E-state index in [4.69, 9.17) is 0 Å². The van der Waals surface area contributed by atoms with E-state index in [1.165, 1.54) is 44.3 Å². The fraction of sp³-hybridized carbons (Fsp3) is 0.562. The highest BCUT2D eigenvalue weighted by Gasteiger charge is 2.31. The molecule has 2 nitrogen and oxygen atoms in total. The second-order valence-corrected chi connectivity index (χ2v) is 6.72. The highest BCUT2D eigenvalue weighted by Crippen LogP contribution is 2.39. The second-order valence-electron chi connectivity index (χ2n) is 5.87. The molecule has 2 atom stereocenters. The average molecular weight is 322 g/mol. The number of halogens is 1.